The Kier molecular flexibility index (Phi) is 14.1. The molecule has 1 aromatic rings. The van der Waals surface area contributed by atoms with Crippen LogP contribution in [0.3, 0.4) is 0 Å². The molecule has 0 aliphatic heterocycles. The van der Waals surface area contributed by atoms with Gasteiger partial charge in [0.15, 0.2) is 0 Å². The first-order valence-corrected chi connectivity index (χ1v) is 12.6. The fraction of sp³-hybridized carbons (Fsp3) is 0.609. The van der Waals surface area contributed by atoms with Crippen LogP contribution in [0, 0.1) is 12.3 Å². The Morgan fingerprint density at radius 1 is 1.00 bits per heavy atom. The fourth-order valence-electron chi connectivity index (χ4n) is 2.54. The van der Waals surface area contributed by atoms with Gasteiger partial charge in [0.2, 0.25) is 10.0 Å². The number of terminal acetylenes is 1. The van der Waals surface area contributed by atoms with Crippen molar-refractivity contribution in [2.45, 2.75) is 31.3 Å². The van der Waals surface area contributed by atoms with Crippen molar-refractivity contribution >= 4 is 21.8 Å². The van der Waals surface area contributed by atoms with Gasteiger partial charge in [0.1, 0.15) is 11.4 Å². The van der Waals surface area contributed by atoms with Gasteiger partial charge < -0.3 is 34.3 Å². The molecule has 0 unspecified atom stereocenters. The molecule has 0 saturated heterocycles. The smallest absolute Gasteiger partial charge is 0.407 e. The van der Waals surface area contributed by atoms with Crippen LogP contribution >= 0.6 is 0 Å². The summed E-state index contributed by atoms with van der Waals surface area (Å²) >= 11 is 0. The zero-order valence-corrected chi connectivity index (χ0v) is 21.7. The molecule has 0 saturated carbocycles. The lowest BCUT2D eigenvalue weighted by Gasteiger charge is -2.19. The molecule has 0 aliphatic rings. The topological polar surface area (TPSA) is 133 Å². The first-order valence-electron chi connectivity index (χ1n) is 11.1. The lowest BCUT2D eigenvalue weighted by atomic mass is 10.2. The van der Waals surface area contributed by atoms with Crippen LogP contribution in [0.15, 0.2) is 23.1 Å². The zero-order chi connectivity index (χ0) is 26.2. The van der Waals surface area contributed by atoms with Crippen molar-refractivity contribution < 1.29 is 36.9 Å². The second kappa shape index (κ2) is 16.2. The molecule has 0 aromatic heterocycles. The fourth-order valence-corrected chi connectivity index (χ4v) is 3.57. The average molecular weight is 516 g/mol. The second-order valence-electron chi connectivity index (χ2n) is 8.08. The number of carbonyl (C=O) groups excluding carboxylic acids is 1. The molecule has 11 nitrogen and oxygen atoms in total. The average Bonchev–Trinajstić information content (AvgIpc) is 2.79. The molecule has 0 atom stereocenters. The standard InChI is InChI=1S/C23H37N3O8S/c1-6-9-24-20-8-7-19(18-21(20)30-5)35(28,29)26-11-13-32-15-17-33-16-14-31-12-10-25-22(27)34-23(2,3)4/h1,7-8,18,24,26H,9-17H2,2-5H3,(H,25,27). The molecule has 0 aliphatic carbocycles. The van der Waals surface area contributed by atoms with Crippen LogP contribution < -0.4 is 20.1 Å². The van der Waals surface area contributed by atoms with Crippen molar-refractivity contribution in [3.8, 4) is 18.1 Å². The number of rotatable bonds is 17. The Morgan fingerprint density at radius 3 is 2.17 bits per heavy atom. The normalized spacial score (nSPS) is 11.5. The molecule has 0 fully saturated rings. The Hall–Kier alpha value is -2.56. The van der Waals surface area contributed by atoms with Gasteiger partial charge in [-0.05, 0) is 32.9 Å². The van der Waals surface area contributed by atoms with Gasteiger partial charge in [-0.3, -0.25) is 0 Å². The van der Waals surface area contributed by atoms with E-state index in [-0.39, 0.29) is 18.0 Å². The minimum absolute atomic E-state index is 0.0743. The number of nitrogens with one attached hydrogen (secondary N) is 3. The van der Waals surface area contributed by atoms with Gasteiger partial charge >= 0.3 is 6.09 Å². The van der Waals surface area contributed by atoms with Crippen molar-refractivity contribution in [2.75, 3.05) is 71.7 Å². The summed E-state index contributed by atoms with van der Waals surface area (Å²) in [6, 6.07) is 4.49. The molecule has 1 rings (SSSR count). The molecule has 0 spiro atoms. The van der Waals surface area contributed by atoms with Gasteiger partial charge in [-0.2, -0.15) is 0 Å². The summed E-state index contributed by atoms with van der Waals surface area (Å²) in [6.45, 7) is 8.05. The second-order valence-corrected chi connectivity index (χ2v) is 9.85. The summed E-state index contributed by atoms with van der Waals surface area (Å²) < 4.78 is 53.8. The highest BCUT2D eigenvalue weighted by atomic mass is 32.2. The van der Waals surface area contributed by atoms with E-state index in [9.17, 15) is 13.2 Å². The number of sulfonamides is 1. The summed E-state index contributed by atoms with van der Waals surface area (Å²) in [5.41, 5.74) is 0.0716. The SMILES string of the molecule is C#CCNc1ccc(S(=O)(=O)NCCOCCOCCOCCNC(=O)OC(C)(C)C)cc1OC. The van der Waals surface area contributed by atoms with Gasteiger partial charge in [-0.1, -0.05) is 5.92 Å². The van der Waals surface area contributed by atoms with Gasteiger partial charge in [-0.15, -0.1) is 6.42 Å². The number of hydrogen-bond donors (Lipinski definition) is 3. The van der Waals surface area contributed by atoms with E-state index in [0.717, 1.165) is 0 Å². The maximum absolute atomic E-state index is 12.5. The monoisotopic (exact) mass is 515 g/mol. The first-order chi connectivity index (χ1) is 16.6. The van der Waals surface area contributed by atoms with E-state index in [1.165, 1.54) is 19.2 Å². The number of ether oxygens (including phenoxy) is 5. The van der Waals surface area contributed by atoms with Crippen LogP contribution in [0.25, 0.3) is 0 Å². The molecule has 35 heavy (non-hydrogen) atoms. The molecule has 12 heteroatoms. The lowest BCUT2D eigenvalue weighted by molar-refractivity contribution is 0.0150. The number of hydrogen-bond acceptors (Lipinski definition) is 9. The third kappa shape index (κ3) is 13.8. The highest BCUT2D eigenvalue weighted by Crippen LogP contribution is 2.27. The van der Waals surface area contributed by atoms with E-state index in [1.54, 1.807) is 26.8 Å². The largest absolute Gasteiger partial charge is 0.495 e. The van der Waals surface area contributed by atoms with E-state index in [1.807, 2.05) is 0 Å². The van der Waals surface area contributed by atoms with Gasteiger partial charge in [0, 0.05) is 19.2 Å². The molecule has 1 amide bonds. The maximum atomic E-state index is 12.5. The molecule has 0 heterocycles. The van der Waals surface area contributed by atoms with E-state index in [4.69, 9.17) is 30.1 Å². The van der Waals surface area contributed by atoms with Crippen LogP contribution in [-0.2, 0) is 29.0 Å². The third-order valence-corrected chi connectivity index (χ3v) is 5.52. The molecular weight excluding hydrogens is 478 g/mol. The van der Waals surface area contributed by atoms with Crippen molar-refractivity contribution in [3.05, 3.63) is 18.2 Å². The van der Waals surface area contributed by atoms with Gasteiger partial charge in [-0.25, -0.2) is 17.9 Å². The Balaban J connectivity index is 2.11. The van der Waals surface area contributed by atoms with Crippen molar-refractivity contribution in [1.29, 1.82) is 0 Å². The number of anilines is 1. The Labute approximate surface area is 208 Å². The highest BCUT2D eigenvalue weighted by molar-refractivity contribution is 7.89. The van der Waals surface area contributed by atoms with Crippen molar-refractivity contribution in [2.24, 2.45) is 0 Å². The number of carbonyl (C=O) groups is 1. The molecule has 3 N–H and O–H groups in total. The van der Waals surface area contributed by atoms with Crippen molar-refractivity contribution in [1.82, 2.24) is 10.0 Å². The van der Waals surface area contributed by atoms with E-state index in [0.29, 0.717) is 57.6 Å². The first kappa shape index (κ1) is 30.5. The van der Waals surface area contributed by atoms with Crippen LogP contribution in [0.5, 0.6) is 5.75 Å². The van der Waals surface area contributed by atoms with Crippen molar-refractivity contribution in [3.63, 3.8) is 0 Å². The number of methoxy groups -OCH3 is 1. The highest BCUT2D eigenvalue weighted by Gasteiger charge is 2.16. The molecule has 0 bridgehead atoms. The van der Waals surface area contributed by atoms with Crippen LogP contribution in [-0.4, -0.2) is 86.5 Å². The van der Waals surface area contributed by atoms with E-state index >= 15 is 0 Å². The van der Waals surface area contributed by atoms with E-state index in [2.05, 4.69) is 21.3 Å². The summed E-state index contributed by atoms with van der Waals surface area (Å²) in [7, 11) is -2.27. The summed E-state index contributed by atoms with van der Waals surface area (Å²) in [5, 5.41) is 5.56. The third-order valence-electron chi connectivity index (χ3n) is 4.06. The lowest BCUT2D eigenvalue weighted by Crippen LogP contribution is -2.34. The molecule has 1 aromatic carbocycles. The maximum Gasteiger partial charge on any atom is 0.407 e. The minimum atomic E-state index is -3.72. The summed E-state index contributed by atoms with van der Waals surface area (Å²) in [5.74, 6) is 2.82. The predicted molar refractivity (Wildman–Crippen MR) is 132 cm³/mol. The van der Waals surface area contributed by atoms with Gasteiger partial charge in [0.05, 0.1) is 63.9 Å². The Morgan fingerprint density at radius 2 is 1.60 bits per heavy atom. The molecule has 0 radical (unpaired) electrons. The quantitative estimate of drug-likeness (QED) is 0.209. The van der Waals surface area contributed by atoms with E-state index < -0.39 is 21.7 Å². The predicted octanol–water partition coefficient (Wildman–Crippen LogP) is 1.59. The number of benzene rings is 1. The number of alkyl carbamates (subject to hydrolysis) is 1. The van der Waals surface area contributed by atoms with Gasteiger partial charge in [0.25, 0.3) is 0 Å². The zero-order valence-electron chi connectivity index (χ0n) is 20.8. The van der Waals surface area contributed by atoms with Crippen LogP contribution in [0.4, 0.5) is 10.5 Å². The summed E-state index contributed by atoms with van der Waals surface area (Å²) in [6.07, 6.45) is 4.74. The minimum Gasteiger partial charge on any atom is -0.495 e. The summed E-state index contributed by atoms with van der Waals surface area (Å²) in [4.78, 5) is 11.5. The Bertz CT molecular complexity index is 910. The van der Waals surface area contributed by atoms with Crippen LogP contribution in [0.1, 0.15) is 20.8 Å². The van der Waals surface area contributed by atoms with Crippen LogP contribution in [0.2, 0.25) is 0 Å². The molecular formula is C23H37N3O8S. The number of amides is 1. The molecule has 198 valence electrons.